The molecular formula is C17H22N4. The second-order valence-corrected chi connectivity index (χ2v) is 6.55. The van der Waals surface area contributed by atoms with Crippen LogP contribution in [-0.4, -0.2) is 22.0 Å². The standard InChI is InChI=1S/C17H22N4/c1-2-4-13(5-3-1)17-16(19-21-20-17)11-18-10-15-9-12-6-7-14(15)8-12/h1-5,12,14-15,18H,6-11H2,(H,19,20,21). The van der Waals surface area contributed by atoms with Crippen LogP contribution in [0.4, 0.5) is 0 Å². The molecule has 0 amide bonds. The summed E-state index contributed by atoms with van der Waals surface area (Å²) in [5.74, 6) is 2.89. The topological polar surface area (TPSA) is 53.6 Å². The molecule has 110 valence electrons. The van der Waals surface area contributed by atoms with Gasteiger partial charge in [0, 0.05) is 12.1 Å². The smallest absolute Gasteiger partial charge is 0.117 e. The number of hydrogen-bond donors (Lipinski definition) is 2. The highest BCUT2D eigenvalue weighted by Gasteiger charge is 2.38. The van der Waals surface area contributed by atoms with Gasteiger partial charge in [0.2, 0.25) is 0 Å². The number of aromatic amines is 1. The molecule has 2 N–H and O–H groups in total. The van der Waals surface area contributed by atoms with Gasteiger partial charge in [0.25, 0.3) is 0 Å². The number of benzene rings is 1. The molecule has 0 saturated heterocycles. The van der Waals surface area contributed by atoms with Gasteiger partial charge in [-0.25, -0.2) is 0 Å². The molecule has 1 heterocycles. The average molecular weight is 282 g/mol. The van der Waals surface area contributed by atoms with Crippen LogP contribution in [0.1, 0.15) is 31.4 Å². The van der Waals surface area contributed by atoms with Crippen LogP contribution in [0.3, 0.4) is 0 Å². The van der Waals surface area contributed by atoms with Gasteiger partial charge in [-0.05, 0) is 43.6 Å². The van der Waals surface area contributed by atoms with Gasteiger partial charge in [0.15, 0.2) is 0 Å². The maximum absolute atomic E-state index is 4.31. The molecule has 3 atom stereocenters. The van der Waals surface area contributed by atoms with Crippen LogP contribution in [-0.2, 0) is 6.54 Å². The van der Waals surface area contributed by atoms with E-state index in [2.05, 4.69) is 32.9 Å². The van der Waals surface area contributed by atoms with E-state index in [1.54, 1.807) is 0 Å². The van der Waals surface area contributed by atoms with E-state index in [9.17, 15) is 0 Å². The van der Waals surface area contributed by atoms with E-state index in [0.717, 1.165) is 47.8 Å². The Kier molecular flexibility index (Phi) is 3.47. The highest BCUT2D eigenvalue weighted by Crippen LogP contribution is 2.47. The third-order valence-electron chi connectivity index (χ3n) is 5.25. The molecule has 21 heavy (non-hydrogen) atoms. The molecule has 4 heteroatoms. The van der Waals surface area contributed by atoms with Gasteiger partial charge < -0.3 is 5.32 Å². The summed E-state index contributed by atoms with van der Waals surface area (Å²) in [6.07, 6.45) is 5.84. The average Bonchev–Trinajstić information content (AvgIpc) is 3.24. The SMILES string of the molecule is c1ccc(-c2n[nH]nc2CNCC2CC3CCC2C3)cc1. The fraction of sp³-hybridized carbons (Fsp3) is 0.529. The van der Waals surface area contributed by atoms with Crippen molar-refractivity contribution in [1.82, 2.24) is 20.7 Å². The van der Waals surface area contributed by atoms with E-state index in [1.807, 2.05) is 18.2 Å². The zero-order chi connectivity index (χ0) is 14.1. The summed E-state index contributed by atoms with van der Waals surface area (Å²) in [5, 5.41) is 15.0. The van der Waals surface area contributed by atoms with Crippen molar-refractivity contribution in [2.75, 3.05) is 6.54 Å². The van der Waals surface area contributed by atoms with Crippen molar-refractivity contribution >= 4 is 0 Å². The van der Waals surface area contributed by atoms with Crippen LogP contribution in [0, 0.1) is 17.8 Å². The van der Waals surface area contributed by atoms with Crippen LogP contribution in [0.5, 0.6) is 0 Å². The van der Waals surface area contributed by atoms with Crippen molar-refractivity contribution < 1.29 is 0 Å². The Hall–Kier alpha value is -1.68. The maximum atomic E-state index is 4.31. The van der Waals surface area contributed by atoms with Gasteiger partial charge in [-0.2, -0.15) is 15.4 Å². The van der Waals surface area contributed by atoms with Gasteiger partial charge in [0.05, 0.1) is 0 Å². The number of aromatic nitrogens is 3. The molecule has 0 spiro atoms. The largest absolute Gasteiger partial charge is 0.311 e. The first kappa shape index (κ1) is 13.0. The molecule has 2 aromatic rings. The minimum atomic E-state index is 0.800. The first-order valence-corrected chi connectivity index (χ1v) is 8.06. The number of nitrogens with zero attached hydrogens (tertiary/aromatic N) is 2. The Morgan fingerprint density at radius 3 is 2.76 bits per heavy atom. The molecule has 2 aliphatic rings. The molecule has 3 unspecified atom stereocenters. The molecule has 2 fully saturated rings. The first-order chi connectivity index (χ1) is 10.4. The monoisotopic (exact) mass is 282 g/mol. The lowest BCUT2D eigenvalue weighted by Crippen LogP contribution is -2.26. The van der Waals surface area contributed by atoms with Crippen molar-refractivity contribution in [2.24, 2.45) is 17.8 Å². The van der Waals surface area contributed by atoms with E-state index < -0.39 is 0 Å². The normalized spacial score (nSPS) is 27.3. The lowest BCUT2D eigenvalue weighted by Gasteiger charge is -2.21. The van der Waals surface area contributed by atoms with E-state index in [4.69, 9.17) is 0 Å². The van der Waals surface area contributed by atoms with Crippen LogP contribution < -0.4 is 5.32 Å². The van der Waals surface area contributed by atoms with E-state index in [0.29, 0.717) is 0 Å². The molecule has 2 saturated carbocycles. The van der Waals surface area contributed by atoms with Crippen molar-refractivity contribution in [3.8, 4) is 11.3 Å². The summed E-state index contributed by atoms with van der Waals surface area (Å²) in [7, 11) is 0. The van der Waals surface area contributed by atoms with Crippen molar-refractivity contribution in [2.45, 2.75) is 32.2 Å². The molecule has 0 aliphatic heterocycles. The summed E-state index contributed by atoms with van der Waals surface area (Å²) in [6, 6.07) is 10.3. The molecule has 2 aliphatic carbocycles. The first-order valence-electron chi connectivity index (χ1n) is 8.06. The highest BCUT2D eigenvalue weighted by molar-refractivity contribution is 5.60. The zero-order valence-electron chi connectivity index (χ0n) is 12.3. The predicted octanol–water partition coefficient (Wildman–Crippen LogP) is 3.00. The number of rotatable bonds is 5. The third-order valence-corrected chi connectivity index (χ3v) is 5.25. The molecular weight excluding hydrogens is 260 g/mol. The van der Waals surface area contributed by atoms with Gasteiger partial charge in [0.1, 0.15) is 11.4 Å². The summed E-state index contributed by atoms with van der Waals surface area (Å²) in [6.45, 7) is 1.93. The Balaban J connectivity index is 1.37. The summed E-state index contributed by atoms with van der Waals surface area (Å²) >= 11 is 0. The minimum Gasteiger partial charge on any atom is -0.311 e. The molecule has 1 aromatic heterocycles. The van der Waals surface area contributed by atoms with E-state index >= 15 is 0 Å². The van der Waals surface area contributed by atoms with Gasteiger partial charge in [-0.15, -0.1) is 0 Å². The van der Waals surface area contributed by atoms with Gasteiger partial charge in [-0.1, -0.05) is 36.8 Å². The molecule has 1 aromatic carbocycles. The van der Waals surface area contributed by atoms with Crippen LogP contribution in [0.25, 0.3) is 11.3 Å². The predicted molar refractivity (Wildman–Crippen MR) is 82.5 cm³/mol. The molecule has 2 bridgehead atoms. The number of nitrogens with one attached hydrogen (secondary N) is 2. The van der Waals surface area contributed by atoms with Crippen LogP contribution >= 0.6 is 0 Å². The van der Waals surface area contributed by atoms with Gasteiger partial charge in [-0.3, -0.25) is 0 Å². The third kappa shape index (κ3) is 2.60. The van der Waals surface area contributed by atoms with Crippen molar-refractivity contribution in [3.63, 3.8) is 0 Å². The number of H-pyrrole nitrogens is 1. The number of fused-ring (bicyclic) bond motifs is 2. The van der Waals surface area contributed by atoms with Crippen molar-refractivity contribution in [3.05, 3.63) is 36.0 Å². The van der Waals surface area contributed by atoms with E-state index in [-0.39, 0.29) is 0 Å². The van der Waals surface area contributed by atoms with Crippen molar-refractivity contribution in [1.29, 1.82) is 0 Å². The minimum absolute atomic E-state index is 0.800. The lowest BCUT2D eigenvalue weighted by molar-refractivity contribution is 0.318. The quantitative estimate of drug-likeness (QED) is 0.886. The molecule has 4 rings (SSSR count). The molecule has 4 nitrogen and oxygen atoms in total. The Morgan fingerprint density at radius 2 is 2.00 bits per heavy atom. The lowest BCUT2D eigenvalue weighted by atomic mass is 9.89. The zero-order valence-corrected chi connectivity index (χ0v) is 12.3. The fourth-order valence-electron chi connectivity index (χ4n) is 4.21. The van der Waals surface area contributed by atoms with E-state index in [1.165, 1.54) is 25.7 Å². The maximum Gasteiger partial charge on any atom is 0.117 e. The second-order valence-electron chi connectivity index (χ2n) is 6.55. The van der Waals surface area contributed by atoms with Gasteiger partial charge >= 0.3 is 0 Å². The Bertz CT molecular complexity index is 592. The molecule has 0 radical (unpaired) electrons. The van der Waals surface area contributed by atoms with Crippen LogP contribution in [0.15, 0.2) is 30.3 Å². The fourth-order valence-corrected chi connectivity index (χ4v) is 4.21. The Labute approximate surface area is 125 Å². The number of hydrogen-bond acceptors (Lipinski definition) is 3. The second kappa shape index (κ2) is 5.60. The summed E-state index contributed by atoms with van der Waals surface area (Å²) in [4.78, 5) is 0. The highest BCUT2D eigenvalue weighted by atomic mass is 15.3. The van der Waals surface area contributed by atoms with Crippen LogP contribution in [0.2, 0.25) is 0 Å². The summed E-state index contributed by atoms with van der Waals surface area (Å²) in [5.41, 5.74) is 3.11. The summed E-state index contributed by atoms with van der Waals surface area (Å²) < 4.78 is 0. The Morgan fingerprint density at radius 1 is 1.10 bits per heavy atom.